The molecule has 1 N–H and O–H groups in total. The minimum Gasteiger partial charge on any atom is -0.380 e. The van der Waals surface area contributed by atoms with Crippen LogP contribution >= 0.6 is 11.3 Å². The van der Waals surface area contributed by atoms with Crippen LogP contribution in [0.5, 0.6) is 0 Å². The van der Waals surface area contributed by atoms with Crippen LogP contribution in [-0.4, -0.2) is 4.92 Å². The summed E-state index contributed by atoms with van der Waals surface area (Å²) in [5, 5.41) is 16.5. The quantitative estimate of drug-likeness (QED) is 0.570. The van der Waals surface area contributed by atoms with Crippen molar-refractivity contribution in [2.24, 2.45) is 0 Å². The van der Waals surface area contributed by atoms with Gasteiger partial charge in [0.25, 0.3) is 0 Å². The van der Waals surface area contributed by atoms with Gasteiger partial charge in [0.05, 0.1) is 4.92 Å². The maximum Gasteiger partial charge on any atom is 0.324 e. The molecule has 0 fully saturated rings. The zero-order chi connectivity index (χ0) is 13.9. The minimum atomic E-state index is -0.355. The SMILES string of the molecule is O=[N+]([O-])c1ccc(CNc2cccc3ccccc23)s1. The van der Waals surface area contributed by atoms with Crippen LogP contribution < -0.4 is 5.32 Å². The topological polar surface area (TPSA) is 55.2 Å². The monoisotopic (exact) mass is 284 g/mol. The van der Waals surface area contributed by atoms with Crippen molar-refractivity contribution in [3.05, 3.63) is 69.6 Å². The van der Waals surface area contributed by atoms with Gasteiger partial charge in [0.2, 0.25) is 0 Å². The first kappa shape index (κ1) is 12.6. The lowest BCUT2D eigenvalue weighted by atomic mass is 10.1. The fourth-order valence-corrected chi connectivity index (χ4v) is 2.88. The summed E-state index contributed by atoms with van der Waals surface area (Å²) in [7, 11) is 0. The average molecular weight is 284 g/mol. The van der Waals surface area contributed by atoms with E-state index in [4.69, 9.17) is 0 Å². The highest BCUT2D eigenvalue weighted by Crippen LogP contribution is 2.27. The molecular formula is C15H12N2O2S. The maximum absolute atomic E-state index is 10.7. The second-order valence-electron chi connectivity index (χ2n) is 4.38. The summed E-state index contributed by atoms with van der Waals surface area (Å²) in [5.74, 6) is 0. The van der Waals surface area contributed by atoms with E-state index in [1.807, 2.05) is 24.3 Å². The van der Waals surface area contributed by atoms with Crippen molar-refractivity contribution in [3.63, 3.8) is 0 Å². The molecule has 0 spiro atoms. The number of nitro groups is 1. The minimum absolute atomic E-state index is 0.180. The van der Waals surface area contributed by atoms with Crippen LogP contribution in [0, 0.1) is 10.1 Å². The molecule has 1 aromatic heterocycles. The lowest BCUT2D eigenvalue weighted by Gasteiger charge is -2.08. The molecule has 0 bridgehead atoms. The molecule has 4 nitrogen and oxygen atoms in total. The predicted molar refractivity (Wildman–Crippen MR) is 82.2 cm³/mol. The molecule has 0 atom stereocenters. The molecular weight excluding hydrogens is 272 g/mol. The number of rotatable bonds is 4. The molecule has 0 aliphatic heterocycles. The zero-order valence-electron chi connectivity index (χ0n) is 10.6. The fraction of sp³-hybridized carbons (Fsp3) is 0.0667. The first-order valence-electron chi connectivity index (χ1n) is 6.19. The Balaban J connectivity index is 1.81. The molecule has 0 amide bonds. The number of benzene rings is 2. The molecule has 0 aliphatic rings. The molecule has 0 radical (unpaired) electrons. The highest BCUT2D eigenvalue weighted by Gasteiger charge is 2.09. The van der Waals surface area contributed by atoms with Gasteiger partial charge in [0, 0.05) is 28.6 Å². The standard InChI is InChI=1S/C15H12N2O2S/c18-17(19)15-9-8-12(20-15)10-16-14-7-3-5-11-4-1-2-6-13(11)14/h1-9,16H,10H2. The summed E-state index contributed by atoms with van der Waals surface area (Å²) in [6.45, 7) is 0.590. The zero-order valence-corrected chi connectivity index (χ0v) is 11.4. The van der Waals surface area contributed by atoms with Crippen LogP contribution in [0.2, 0.25) is 0 Å². The van der Waals surface area contributed by atoms with Gasteiger partial charge in [-0.1, -0.05) is 47.7 Å². The van der Waals surface area contributed by atoms with Gasteiger partial charge in [-0.05, 0) is 17.5 Å². The van der Waals surface area contributed by atoms with Gasteiger partial charge in [-0.15, -0.1) is 0 Å². The van der Waals surface area contributed by atoms with E-state index in [0.29, 0.717) is 6.54 Å². The van der Waals surface area contributed by atoms with E-state index in [0.717, 1.165) is 16.0 Å². The van der Waals surface area contributed by atoms with Gasteiger partial charge < -0.3 is 5.32 Å². The molecule has 0 saturated heterocycles. The van der Waals surface area contributed by atoms with Crippen molar-refractivity contribution in [1.29, 1.82) is 0 Å². The largest absolute Gasteiger partial charge is 0.380 e. The molecule has 0 saturated carbocycles. The van der Waals surface area contributed by atoms with Crippen molar-refractivity contribution < 1.29 is 4.92 Å². The van der Waals surface area contributed by atoms with Gasteiger partial charge in [0.15, 0.2) is 0 Å². The summed E-state index contributed by atoms with van der Waals surface area (Å²) < 4.78 is 0. The first-order chi connectivity index (χ1) is 9.74. The molecule has 0 unspecified atom stereocenters. The van der Waals surface area contributed by atoms with Crippen LogP contribution in [-0.2, 0) is 6.54 Å². The Morgan fingerprint density at radius 3 is 2.65 bits per heavy atom. The Morgan fingerprint density at radius 1 is 1.05 bits per heavy atom. The van der Waals surface area contributed by atoms with Crippen LogP contribution in [0.1, 0.15) is 4.88 Å². The highest BCUT2D eigenvalue weighted by atomic mass is 32.1. The Morgan fingerprint density at radius 2 is 1.85 bits per heavy atom. The maximum atomic E-state index is 10.7. The lowest BCUT2D eigenvalue weighted by molar-refractivity contribution is -0.380. The average Bonchev–Trinajstić information content (AvgIpc) is 2.94. The third-order valence-electron chi connectivity index (χ3n) is 3.07. The van der Waals surface area contributed by atoms with Crippen molar-refractivity contribution in [2.75, 3.05) is 5.32 Å². The second kappa shape index (κ2) is 5.30. The number of nitrogens with zero attached hydrogens (tertiary/aromatic N) is 1. The third kappa shape index (κ3) is 2.48. The summed E-state index contributed by atoms with van der Waals surface area (Å²) in [6, 6.07) is 17.6. The van der Waals surface area contributed by atoms with E-state index in [1.165, 1.54) is 16.7 Å². The van der Waals surface area contributed by atoms with E-state index >= 15 is 0 Å². The van der Waals surface area contributed by atoms with Gasteiger partial charge in [-0.2, -0.15) is 0 Å². The van der Waals surface area contributed by atoms with Crippen LogP contribution in [0.3, 0.4) is 0 Å². The van der Waals surface area contributed by atoms with Crippen LogP contribution in [0.4, 0.5) is 10.7 Å². The van der Waals surface area contributed by atoms with Crippen LogP contribution in [0.15, 0.2) is 54.6 Å². The molecule has 1 heterocycles. The third-order valence-corrected chi connectivity index (χ3v) is 4.11. The van der Waals surface area contributed by atoms with Crippen molar-refractivity contribution >= 4 is 32.8 Å². The number of hydrogen-bond acceptors (Lipinski definition) is 4. The molecule has 100 valence electrons. The van der Waals surface area contributed by atoms with E-state index in [9.17, 15) is 10.1 Å². The molecule has 20 heavy (non-hydrogen) atoms. The first-order valence-corrected chi connectivity index (χ1v) is 7.00. The van der Waals surface area contributed by atoms with Crippen molar-refractivity contribution in [3.8, 4) is 0 Å². The Hall–Kier alpha value is -2.40. The number of anilines is 1. The number of hydrogen-bond donors (Lipinski definition) is 1. The predicted octanol–water partition coefficient (Wildman–Crippen LogP) is 4.42. The van der Waals surface area contributed by atoms with Gasteiger partial charge in [-0.25, -0.2) is 0 Å². The van der Waals surface area contributed by atoms with Gasteiger partial charge in [-0.3, -0.25) is 10.1 Å². The summed E-state index contributed by atoms with van der Waals surface area (Å²) in [4.78, 5) is 11.3. The fourth-order valence-electron chi connectivity index (χ4n) is 2.12. The second-order valence-corrected chi connectivity index (χ2v) is 5.52. The summed E-state index contributed by atoms with van der Waals surface area (Å²) in [5.41, 5.74) is 1.04. The number of thiophene rings is 1. The van der Waals surface area contributed by atoms with E-state index in [2.05, 4.69) is 23.5 Å². The lowest BCUT2D eigenvalue weighted by Crippen LogP contribution is -1.97. The normalized spacial score (nSPS) is 10.6. The molecule has 0 aliphatic carbocycles. The van der Waals surface area contributed by atoms with Crippen molar-refractivity contribution in [2.45, 2.75) is 6.54 Å². The van der Waals surface area contributed by atoms with Gasteiger partial charge in [0.1, 0.15) is 0 Å². The van der Waals surface area contributed by atoms with E-state index in [1.54, 1.807) is 12.1 Å². The Bertz CT molecular complexity index is 762. The molecule has 3 rings (SSSR count). The smallest absolute Gasteiger partial charge is 0.324 e. The highest BCUT2D eigenvalue weighted by molar-refractivity contribution is 7.15. The molecule has 5 heteroatoms. The number of nitrogens with one attached hydrogen (secondary N) is 1. The van der Waals surface area contributed by atoms with Crippen molar-refractivity contribution in [1.82, 2.24) is 0 Å². The number of fused-ring (bicyclic) bond motifs is 1. The Kier molecular flexibility index (Phi) is 3.35. The summed E-state index contributed by atoms with van der Waals surface area (Å²) in [6.07, 6.45) is 0. The van der Waals surface area contributed by atoms with E-state index < -0.39 is 0 Å². The van der Waals surface area contributed by atoms with Crippen LogP contribution in [0.25, 0.3) is 10.8 Å². The van der Waals surface area contributed by atoms with E-state index in [-0.39, 0.29) is 9.92 Å². The summed E-state index contributed by atoms with van der Waals surface area (Å²) >= 11 is 1.20. The van der Waals surface area contributed by atoms with Gasteiger partial charge >= 0.3 is 5.00 Å². The Labute approximate surface area is 119 Å². The molecule has 2 aromatic carbocycles. The molecule has 3 aromatic rings.